The monoisotopic (exact) mass is 330 g/mol. The number of aromatic nitrogens is 1. The number of methoxy groups -OCH3 is 2. The van der Waals surface area contributed by atoms with Gasteiger partial charge in [-0.3, -0.25) is 9.59 Å². The van der Waals surface area contributed by atoms with Crippen LogP contribution in [0.15, 0.2) is 16.7 Å². The van der Waals surface area contributed by atoms with Gasteiger partial charge in [0.1, 0.15) is 18.9 Å². The van der Waals surface area contributed by atoms with Crippen LogP contribution in [0.5, 0.6) is 0 Å². The quantitative estimate of drug-likeness (QED) is 0.758. The SMILES string of the molecule is COC(=O)CN(CC(=O)OC)c1cc(C)c(Br)cn1. The third-order valence-electron chi connectivity index (χ3n) is 2.45. The van der Waals surface area contributed by atoms with Crippen molar-refractivity contribution in [3.05, 3.63) is 22.3 Å². The van der Waals surface area contributed by atoms with E-state index in [1.54, 1.807) is 12.3 Å². The number of nitrogens with zero attached hydrogens (tertiary/aromatic N) is 2. The van der Waals surface area contributed by atoms with Crippen molar-refractivity contribution in [2.45, 2.75) is 6.92 Å². The second-order valence-corrected chi connectivity index (χ2v) is 4.65. The van der Waals surface area contributed by atoms with Gasteiger partial charge in [-0.1, -0.05) is 0 Å². The van der Waals surface area contributed by atoms with Gasteiger partial charge in [0.05, 0.1) is 14.2 Å². The van der Waals surface area contributed by atoms with Crippen molar-refractivity contribution in [3.8, 4) is 0 Å². The molecule has 0 saturated heterocycles. The van der Waals surface area contributed by atoms with Crippen molar-refractivity contribution < 1.29 is 19.1 Å². The molecule has 0 bridgehead atoms. The minimum absolute atomic E-state index is 0.0698. The molecular weight excluding hydrogens is 316 g/mol. The van der Waals surface area contributed by atoms with Gasteiger partial charge in [0.15, 0.2) is 0 Å². The van der Waals surface area contributed by atoms with E-state index in [2.05, 4.69) is 30.4 Å². The Balaban J connectivity index is 2.96. The first kappa shape index (κ1) is 15.4. The van der Waals surface area contributed by atoms with Gasteiger partial charge < -0.3 is 14.4 Å². The van der Waals surface area contributed by atoms with Crippen LogP contribution in [0.25, 0.3) is 0 Å². The normalized spacial score (nSPS) is 9.89. The number of rotatable bonds is 5. The predicted molar refractivity (Wildman–Crippen MR) is 72.9 cm³/mol. The molecule has 1 heterocycles. The number of hydrogen-bond acceptors (Lipinski definition) is 6. The number of ether oxygens (including phenoxy) is 2. The van der Waals surface area contributed by atoms with Crippen LogP contribution in [0.1, 0.15) is 5.56 Å². The summed E-state index contributed by atoms with van der Waals surface area (Å²) in [7, 11) is 2.58. The molecule has 0 unspecified atom stereocenters. The van der Waals surface area contributed by atoms with Crippen molar-refractivity contribution in [1.29, 1.82) is 0 Å². The molecule has 0 aliphatic rings. The van der Waals surface area contributed by atoms with Gasteiger partial charge in [-0.05, 0) is 34.5 Å². The predicted octanol–water partition coefficient (Wildman–Crippen LogP) is 1.30. The first-order valence-electron chi connectivity index (χ1n) is 5.48. The maximum absolute atomic E-state index is 11.4. The molecule has 0 radical (unpaired) electrons. The van der Waals surface area contributed by atoms with Crippen molar-refractivity contribution in [2.75, 3.05) is 32.2 Å². The van der Waals surface area contributed by atoms with Gasteiger partial charge in [-0.25, -0.2) is 4.98 Å². The minimum Gasteiger partial charge on any atom is -0.468 e. The van der Waals surface area contributed by atoms with Crippen LogP contribution in [0.3, 0.4) is 0 Å². The summed E-state index contributed by atoms with van der Waals surface area (Å²) in [5, 5.41) is 0. The molecule has 0 aromatic carbocycles. The number of hydrogen-bond donors (Lipinski definition) is 0. The lowest BCUT2D eigenvalue weighted by Gasteiger charge is -2.21. The zero-order valence-electron chi connectivity index (χ0n) is 11.0. The summed E-state index contributed by atoms with van der Waals surface area (Å²) in [6, 6.07) is 1.77. The molecule has 0 N–H and O–H groups in total. The summed E-state index contributed by atoms with van der Waals surface area (Å²) in [6.07, 6.45) is 1.62. The smallest absolute Gasteiger partial charge is 0.325 e. The summed E-state index contributed by atoms with van der Waals surface area (Å²) in [6.45, 7) is 1.75. The van der Waals surface area contributed by atoms with Crippen LogP contribution in [0.4, 0.5) is 5.82 Å². The molecule has 19 heavy (non-hydrogen) atoms. The van der Waals surface area contributed by atoms with Gasteiger partial charge >= 0.3 is 11.9 Å². The average molecular weight is 331 g/mol. The Morgan fingerprint density at radius 3 is 2.21 bits per heavy atom. The van der Waals surface area contributed by atoms with E-state index in [0.717, 1.165) is 10.0 Å². The Bertz CT molecular complexity index is 461. The fourth-order valence-corrected chi connectivity index (χ4v) is 1.57. The summed E-state index contributed by atoms with van der Waals surface area (Å²) < 4.78 is 10.1. The zero-order chi connectivity index (χ0) is 14.4. The third kappa shape index (κ3) is 4.51. The van der Waals surface area contributed by atoms with Crippen LogP contribution >= 0.6 is 15.9 Å². The molecule has 104 valence electrons. The van der Waals surface area contributed by atoms with Gasteiger partial charge in [0.2, 0.25) is 0 Å². The van der Waals surface area contributed by atoms with Crippen LogP contribution in [-0.4, -0.2) is 44.2 Å². The van der Waals surface area contributed by atoms with Crippen molar-refractivity contribution >= 4 is 33.7 Å². The van der Waals surface area contributed by atoms with Crippen LogP contribution in [-0.2, 0) is 19.1 Å². The van der Waals surface area contributed by atoms with Crippen LogP contribution < -0.4 is 4.90 Å². The van der Waals surface area contributed by atoms with Gasteiger partial charge in [-0.2, -0.15) is 0 Å². The average Bonchev–Trinajstić information content (AvgIpc) is 2.40. The molecular formula is C12H15BrN2O4. The van der Waals surface area contributed by atoms with E-state index in [9.17, 15) is 9.59 Å². The number of aryl methyl sites for hydroxylation is 1. The lowest BCUT2D eigenvalue weighted by atomic mass is 10.3. The summed E-state index contributed by atoms with van der Waals surface area (Å²) >= 11 is 3.34. The van der Waals surface area contributed by atoms with E-state index in [4.69, 9.17) is 0 Å². The Labute approximate surface area is 119 Å². The molecule has 6 nitrogen and oxygen atoms in total. The highest BCUT2D eigenvalue weighted by atomic mass is 79.9. The molecule has 0 fully saturated rings. The number of esters is 2. The van der Waals surface area contributed by atoms with E-state index in [0.29, 0.717) is 5.82 Å². The Kier molecular flexibility index (Phi) is 5.75. The second-order valence-electron chi connectivity index (χ2n) is 3.80. The highest BCUT2D eigenvalue weighted by Gasteiger charge is 2.17. The highest BCUT2D eigenvalue weighted by molar-refractivity contribution is 9.10. The zero-order valence-corrected chi connectivity index (χ0v) is 12.6. The van der Waals surface area contributed by atoms with Crippen molar-refractivity contribution in [1.82, 2.24) is 4.98 Å². The number of carbonyl (C=O) groups is 2. The van der Waals surface area contributed by atoms with Crippen molar-refractivity contribution in [2.24, 2.45) is 0 Å². The Morgan fingerprint density at radius 1 is 1.26 bits per heavy atom. The van der Waals surface area contributed by atoms with Gasteiger partial charge in [0.25, 0.3) is 0 Å². The first-order valence-corrected chi connectivity index (χ1v) is 6.28. The maximum Gasteiger partial charge on any atom is 0.325 e. The van der Waals surface area contributed by atoms with E-state index in [-0.39, 0.29) is 13.1 Å². The molecule has 0 aliphatic carbocycles. The van der Waals surface area contributed by atoms with E-state index >= 15 is 0 Å². The van der Waals surface area contributed by atoms with E-state index in [1.807, 2.05) is 6.92 Å². The molecule has 1 aromatic heterocycles. The fourth-order valence-electron chi connectivity index (χ4n) is 1.36. The molecule has 0 spiro atoms. The van der Waals surface area contributed by atoms with Crippen LogP contribution in [0, 0.1) is 6.92 Å². The number of anilines is 1. The van der Waals surface area contributed by atoms with Crippen LogP contribution in [0.2, 0.25) is 0 Å². The Hall–Kier alpha value is -1.63. The number of pyridine rings is 1. The highest BCUT2D eigenvalue weighted by Crippen LogP contribution is 2.20. The summed E-state index contributed by atoms with van der Waals surface area (Å²) in [5.41, 5.74) is 0.949. The lowest BCUT2D eigenvalue weighted by Crippen LogP contribution is -2.36. The third-order valence-corrected chi connectivity index (χ3v) is 3.28. The van der Waals surface area contributed by atoms with Crippen molar-refractivity contribution in [3.63, 3.8) is 0 Å². The van der Waals surface area contributed by atoms with E-state index < -0.39 is 11.9 Å². The largest absolute Gasteiger partial charge is 0.468 e. The topological polar surface area (TPSA) is 68.7 Å². The lowest BCUT2D eigenvalue weighted by molar-refractivity contribution is -0.140. The van der Waals surface area contributed by atoms with Gasteiger partial charge in [0, 0.05) is 10.7 Å². The molecule has 0 atom stereocenters. The molecule has 1 rings (SSSR count). The molecule has 0 aliphatic heterocycles. The molecule has 0 saturated carbocycles. The van der Waals surface area contributed by atoms with Gasteiger partial charge in [-0.15, -0.1) is 0 Å². The fraction of sp³-hybridized carbons (Fsp3) is 0.417. The first-order chi connectivity index (χ1) is 8.97. The maximum atomic E-state index is 11.4. The standard InChI is InChI=1S/C12H15BrN2O4/c1-8-4-10(14-5-9(8)13)15(6-11(16)18-2)7-12(17)19-3/h4-5H,6-7H2,1-3H3. The molecule has 1 aromatic rings. The number of carbonyl (C=O) groups excluding carboxylic acids is 2. The Morgan fingerprint density at radius 2 is 1.79 bits per heavy atom. The van der Waals surface area contributed by atoms with E-state index in [1.165, 1.54) is 19.1 Å². The summed E-state index contributed by atoms with van der Waals surface area (Å²) in [4.78, 5) is 28.4. The number of halogens is 1. The second kappa shape index (κ2) is 7.08. The molecule has 0 amide bonds. The molecule has 7 heteroatoms. The summed E-state index contributed by atoms with van der Waals surface area (Å²) in [5.74, 6) is -0.394. The minimum atomic E-state index is -0.453.